The first-order valence-electron chi connectivity index (χ1n) is 10.6. The summed E-state index contributed by atoms with van der Waals surface area (Å²) in [6.45, 7) is 3.66. The molecule has 32 heavy (non-hydrogen) atoms. The van der Waals surface area contributed by atoms with Crippen LogP contribution < -0.4 is 14.8 Å². The van der Waals surface area contributed by atoms with Crippen molar-refractivity contribution in [1.82, 2.24) is 20.2 Å². The number of aromatic nitrogens is 2. The lowest BCUT2D eigenvalue weighted by Crippen LogP contribution is -2.43. The van der Waals surface area contributed by atoms with Crippen molar-refractivity contribution in [3.8, 4) is 17.6 Å². The number of nitrogens with one attached hydrogen (secondary N) is 1. The molecular formula is C21H26BrClF2N4O3. The fraction of sp³-hybridized carbons (Fsp3) is 0.619. The topological polar surface area (TPSA) is 79.7 Å². The van der Waals surface area contributed by atoms with Crippen LogP contribution in [-0.4, -0.2) is 71.1 Å². The third kappa shape index (κ3) is 4.34. The third-order valence-corrected chi connectivity index (χ3v) is 7.74. The first-order valence-corrected chi connectivity index (χ1v) is 11.8. The van der Waals surface area contributed by atoms with Crippen molar-refractivity contribution in [3.63, 3.8) is 0 Å². The second-order valence-corrected chi connectivity index (χ2v) is 9.69. The van der Waals surface area contributed by atoms with Crippen molar-refractivity contribution < 1.29 is 23.4 Å². The van der Waals surface area contributed by atoms with Gasteiger partial charge in [-0.05, 0) is 55.7 Å². The summed E-state index contributed by atoms with van der Waals surface area (Å²) in [4.78, 5) is 10.3. The molecule has 11 heteroatoms. The first kappa shape index (κ1) is 23.7. The smallest absolute Gasteiger partial charge is 0.320 e. The minimum absolute atomic E-state index is 0.0138. The highest BCUT2D eigenvalue weighted by Crippen LogP contribution is 2.45. The summed E-state index contributed by atoms with van der Waals surface area (Å²) in [5.74, 6) is -1.15. The van der Waals surface area contributed by atoms with Crippen LogP contribution in [0, 0.1) is 5.82 Å². The number of aromatic hydroxyl groups is 1. The summed E-state index contributed by atoms with van der Waals surface area (Å²) < 4.78 is 40.5. The molecule has 0 amide bonds. The Morgan fingerprint density at radius 3 is 2.94 bits per heavy atom. The lowest BCUT2D eigenvalue weighted by molar-refractivity contribution is 0.107. The van der Waals surface area contributed by atoms with E-state index in [1.165, 1.54) is 0 Å². The van der Waals surface area contributed by atoms with E-state index in [0.29, 0.717) is 19.4 Å². The highest BCUT2D eigenvalue weighted by atomic mass is 79.9. The molecule has 4 rings (SSSR count). The minimum Gasteiger partial charge on any atom is -0.493 e. The van der Waals surface area contributed by atoms with Crippen LogP contribution in [0.1, 0.15) is 32.6 Å². The molecule has 1 aromatic heterocycles. The molecule has 0 saturated carbocycles. The van der Waals surface area contributed by atoms with E-state index in [-0.39, 0.29) is 51.4 Å². The average Bonchev–Trinajstić information content (AvgIpc) is 3.28. The largest absolute Gasteiger partial charge is 0.493 e. The average molecular weight is 536 g/mol. The van der Waals surface area contributed by atoms with Crippen LogP contribution in [0.2, 0.25) is 5.02 Å². The maximum atomic E-state index is 15.0. The molecule has 0 bridgehead atoms. The standard InChI is InChI=1S/C21H26BrClF2N4O3/c1-11(26-2)4-7-31-18-13-17(16(25)14(22)15(18)23)27-20(28-19(13)30)32-10-21-5-3-6-29(21)9-12(24)8-21/h11-12,26H,3-10H2,1-2H3,(H,27,28,30)/t11-,12-,21+/m1/s1. The molecule has 1 aromatic carbocycles. The van der Waals surface area contributed by atoms with Crippen molar-refractivity contribution >= 4 is 38.4 Å². The Morgan fingerprint density at radius 1 is 1.41 bits per heavy atom. The molecule has 2 aliphatic rings. The molecule has 2 aromatic rings. The van der Waals surface area contributed by atoms with Crippen LogP contribution in [0.25, 0.3) is 10.9 Å². The number of halogens is 4. The van der Waals surface area contributed by atoms with Gasteiger partial charge in [-0.25, -0.2) is 8.78 Å². The van der Waals surface area contributed by atoms with Crippen LogP contribution in [0.4, 0.5) is 8.78 Å². The Labute approximate surface area is 198 Å². The van der Waals surface area contributed by atoms with Crippen molar-refractivity contribution in [2.24, 2.45) is 0 Å². The summed E-state index contributed by atoms with van der Waals surface area (Å²) >= 11 is 9.43. The molecule has 7 nitrogen and oxygen atoms in total. The van der Waals surface area contributed by atoms with E-state index >= 15 is 0 Å². The summed E-state index contributed by atoms with van der Waals surface area (Å²) in [6, 6.07) is 0.0178. The zero-order valence-electron chi connectivity index (χ0n) is 17.9. The summed E-state index contributed by atoms with van der Waals surface area (Å²) in [5.41, 5.74) is -0.582. The van der Waals surface area contributed by atoms with Crippen molar-refractivity contribution in [2.75, 3.05) is 33.4 Å². The summed E-state index contributed by atoms with van der Waals surface area (Å²) in [6.07, 6.45) is 1.93. The van der Waals surface area contributed by atoms with Gasteiger partial charge in [0, 0.05) is 19.0 Å². The number of hydrogen-bond acceptors (Lipinski definition) is 7. The Hall–Kier alpha value is -1.49. The minimum atomic E-state index is -0.898. The molecular weight excluding hydrogens is 510 g/mol. The van der Waals surface area contributed by atoms with Gasteiger partial charge in [0.05, 0.1) is 16.6 Å². The maximum Gasteiger partial charge on any atom is 0.320 e. The Kier molecular flexibility index (Phi) is 6.95. The van der Waals surface area contributed by atoms with Gasteiger partial charge < -0.3 is 19.9 Å². The van der Waals surface area contributed by atoms with E-state index in [0.717, 1.165) is 19.4 Å². The summed E-state index contributed by atoms with van der Waals surface area (Å²) in [5, 5.41) is 13.7. The zero-order valence-corrected chi connectivity index (χ0v) is 20.3. The van der Waals surface area contributed by atoms with Gasteiger partial charge in [-0.1, -0.05) is 11.6 Å². The molecule has 2 aliphatic heterocycles. The van der Waals surface area contributed by atoms with Gasteiger partial charge in [0.2, 0.25) is 5.88 Å². The second kappa shape index (κ2) is 9.40. The van der Waals surface area contributed by atoms with Gasteiger partial charge in [-0.3, -0.25) is 4.90 Å². The predicted molar refractivity (Wildman–Crippen MR) is 121 cm³/mol. The lowest BCUT2D eigenvalue weighted by Gasteiger charge is -2.30. The predicted octanol–water partition coefficient (Wildman–Crippen LogP) is 4.22. The quantitative estimate of drug-likeness (QED) is 0.490. The van der Waals surface area contributed by atoms with Crippen LogP contribution in [0.15, 0.2) is 4.47 Å². The van der Waals surface area contributed by atoms with E-state index < -0.39 is 23.4 Å². The number of hydrogen-bond donors (Lipinski definition) is 2. The van der Waals surface area contributed by atoms with E-state index in [9.17, 15) is 13.9 Å². The van der Waals surface area contributed by atoms with Gasteiger partial charge >= 0.3 is 6.01 Å². The highest BCUT2D eigenvalue weighted by molar-refractivity contribution is 9.10. The molecule has 2 N–H and O–H groups in total. The number of ether oxygens (including phenoxy) is 2. The number of benzene rings is 1. The lowest BCUT2D eigenvalue weighted by atomic mass is 9.95. The van der Waals surface area contributed by atoms with E-state index in [1.54, 1.807) is 0 Å². The van der Waals surface area contributed by atoms with E-state index in [4.69, 9.17) is 21.1 Å². The monoisotopic (exact) mass is 534 g/mol. The molecule has 2 saturated heterocycles. The second-order valence-electron chi connectivity index (χ2n) is 8.52. The number of rotatable bonds is 8. The Morgan fingerprint density at radius 2 is 2.19 bits per heavy atom. The molecule has 2 fully saturated rings. The molecule has 0 radical (unpaired) electrons. The van der Waals surface area contributed by atoms with E-state index in [1.807, 2.05) is 14.0 Å². The van der Waals surface area contributed by atoms with Crippen LogP contribution in [0.3, 0.4) is 0 Å². The third-order valence-electron chi connectivity index (χ3n) is 6.41. The fourth-order valence-electron chi connectivity index (χ4n) is 4.54. The Bertz CT molecular complexity index is 1020. The van der Waals surface area contributed by atoms with Gasteiger partial charge in [-0.2, -0.15) is 9.97 Å². The molecule has 176 valence electrons. The SMILES string of the molecule is CN[C@H](C)CCOc1c(Cl)c(Br)c(F)c2nc(OC[C@@]34CCCN3C[C@H](F)C4)nc(O)c12. The van der Waals surface area contributed by atoms with Crippen molar-refractivity contribution in [1.29, 1.82) is 0 Å². The van der Waals surface area contributed by atoms with Crippen LogP contribution >= 0.6 is 27.5 Å². The van der Waals surface area contributed by atoms with Crippen LogP contribution in [-0.2, 0) is 0 Å². The maximum absolute atomic E-state index is 15.0. The van der Waals surface area contributed by atoms with Gasteiger partial charge in [0.1, 0.15) is 28.7 Å². The van der Waals surface area contributed by atoms with Gasteiger partial charge in [-0.15, -0.1) is 0 Å². The fourth-order valence-corrected chi connectivity index (χ4v) is 5.14. The normalized spacial score (nSPS) is 24.1. The Balaban J connectivity index is 1.62. The van der Waals surface area contributed by atoms with Gasteiger partial charge in [0.15, 0.2) is 11.6 Å². The first-order chi connectivity index (χ1) is 15.3. The van der Waals surface area contributed by atoms with Crippen molar-refractivity contribution in [2.45, 2.75) is 50.4 Å². The number of fused-ring (bicyclic) bond motifs is 2. The van der Waals surface area contributed by atoms with Crippen molar-refractivity contribution in [3.05, 3.63) is 15.3 Å². The highest BCUT2D eigenvalue weighted by Gasteiger charge is 2.49. The molecule has 0 spiro atoms. The molecule has 3 heterocycles. The summed E-state index contributed by atoms with van der Waals surface area (Å²) in [7, 11) is 1.84. The number of nitrogens with zero attached hydrogens (tertiary/aromatic N) is 3. The van der Waals surface area contributed by atoms with Gasteiger partial charge in [0.25, 0.3) is 0 Å². The number of alkyl halides is 1. The molecule has 0 unspecified atom stereocenters. The van der Waals surface area contributed by atoms with Crippen LogP contribution in [0.5, 0.6) is 17.6 Å². The van der Waals surface area contributed by atoms with E-state index in [2.05, 4.69) is 36.1 Å². The molecule has 0 aliphatic carbocycles. The molecule has 3 atom stereocenters. The zero-order chi connectivity index (χ0) is 23.0.